The van der Waals surface area contributed by atoms with Crippen molar-refractivity contribution in [3.8, 4) is 0 Å². The average molecular weight is 1110 g/mol. The molecule has 0 spiro atoms. The molecule has 0 aromatic heterocycles. The zero-order chi connectivity index (χ0) is 55.9. The number of rotatable bonds is 60. The third-order valence-electron chi connectivity index (χ3n) is 8.37. The van der Waals surface area contributed by atoms with Gasteiger partial charge in [0.05, 0.1) is 250 Å². The number of hydrogen-bond donors (Lipinski definition) is 1. The monoisotopic (exact) mass is 1110 g/mol. The van der Waals surface area contributed by atoms with E-state index in [9.17, 15) is 0 Å². The SMILES string of the molecule is CCOC(COC(C)C)OCCOC.CCOCCOCCOCCOCCOCCOCCOC.COCC(C)OCCOCCOCCOCCOCCOCCOCCOCCOCCO.COCCOC. The van der Waals surface area contributed by atoms with E-state index >= 15 is 0 Å². The van der Waals surface area contributed by atoms with Crippen molar-refractivity contribution >= 4 is 0 Å². The second-order valence-corrected chi connectivity index (χ2v) is 15.1. The zero-order valence-electron chi connectivity index (χ0n) is 48.4. The molecule has 0 rings (SSSR count). The highest BCUT2D eigenvalue weighted by Gasteiger charge is 2.09. The first-order chi connectivity index (χ1) is 36.8. The van der Waals surface area contributed by atoms with Crippen LogP contribution in [0.4, 0.5) is 0 Å². The van der Waals surface area contributed by atoms with Crippen molar-refractivity contribution in [3.63, 3.8) is 0 Å². The third-order valence-corrected chi connectivity index (χ3v) is 8.37. The van der Waals surface area contributed by atoms with E-state index in [1.54, 1.807) is 35.5 Å². The van der Waals surface area contributed by atoms with Gasteiger partial charge < -0.3 is 114 Å². The van der Waals surface area contributed by atoms with Crippen LogP contribution in [0.5, 0.6) is 0 Å². The van der Waals surface area contributed by atoms with Gasteiger partial charge in [0.2, 0.25) is 0 Å². The van der Waals surface area contributed by atoms with Gasteiger partial charge in [-0.1, -0.05) is 0 Å². The van der Waals surface area contributed by atoms with Crippen molar-refractivity contribution < 1.29 is 114 Å². The minimum absolute atomic E-state index is 0.0297. The summed E-state index contributed by atoms with van der Waals surface area (Å²) in [6.45, 7) is 30.4. The maximum absolute atomic E-state index is 8.54. The van der Waals surface area contributed by atoms with Gasteiger partial charge in [-0.3, -0.25) is 0 Å². The average Bonchev–Trinajstić information content (AvgIpc) is 3.41. The van der Waals surface area contributed by atoms with Gasteiger partial charge in [-0.05, 0) is 34.6 Å². The molecule has 0 radical (unpaired) electrons. The summed E-state index contributed by atoms with van der Waals surface area (Å²) in [6.07, 6.45) is -0.00316. The van der Waals surface area contributed by atoms with Crippen LogP contribution < -0.4 is 0 Å². The Kier molecular flexibility index (Phi) is 85.4. The lowest BCUT2D eigenvalue weighted by Crippen LogP contribution is -2.26. The molecule has 0 aliphatic heterocycles. The molecular formula is C51H110O24. The van der Waals surface area contributed by atoms with Gasteiger partial charge in [0.1, 0.15) is 0 Å². The van der Waals surface area contributed by atoms with E-state index in [1.165, 1.54) is 0 Å². The predicted molar refractivity (Wildman–Crippen MR) is 281 cm³/mol. The maximum atomic E-state index is 8.54. The van der Waals surface area contributed by atoms with Gasteiger partial charge >= 0.3 is 0 Å². The van der Waals surface area contributed by atoms with Crippen LogP contribution in [0.15, 0.2) is 0 Å². The molecule has 0 bridgehead atoms. The van der Waals surface area contributed by atoms with Crippen molar-refractivity contribution in [1.82, 2.24) is 0 Å². The van der Waals surface area contributed by atoms with Crippen molar-refractivity contribution in [2.45, 2.75) is 53.1 Å². The normalized spacial score (nSPS) is 12.0. The van der Waals surface area contributed by atoms with E-state index < -0.39 is 0 Å². The second kappa shape index (κ2) is 79.5. The Morgan fingerprint density at radius 3 is 0.800 bits per heavy atom. The second-order valence-electron chi connectivity index (χ2n) is 15.1. The summed E-state index contributed by atoms with van der Waals surface area (Å²) in [4.78, 5) is 0. The minimum Gasteiger partial charge on any atom is -0.394 e. The molecule has 75 heavy (non-hydrogen) atoms. The zero-order valence-corrected chi connectivity index (χ0v) is 48.4. The molecule has 0 saturated carbocycles. The van der Waals surface area contributed by atoms with Gasteiger partial charge in [0, 0.05) is 48.8 Å². The fourth-order valence-corrected chi connectivity index (χ4v) is 4.71. The number of methoxy groups -OCH3 is 5. The van der Waals surface area contributed by atoms with Gasteiger partial charge in [-0.15, -0.1) is 0 Å². The van der Waals surface area contributed by atoms with Gasteiger partial charge in [-0.2, -0.15) is 0 Å². The molecule has 24 heteroatoms. The highest BCUT2D eigenvalue weighted by atomic mass is 16.7. The largest absolute Gasteiger partial charge is 0.394 e. The Bertz CT molecular complexity index is 900. The highest BCUT2D eigenvalue weighted by Crippen LogP contribution is 1.99. The van der Waals surface area contributed by atoms with Crippen LogP contribution in [-0.2, 0) is 109 Å². The van der Waals surface area contributed by atoms with E-state index in [2.05, 4.69) is 9.47 Å². The Morgan fingerprint density at radius 1 is 0.253 bits per heavy atom. The topological polar surface area (TPSA) is 233 Å². The van der Waals surface area contributed by atoms with E-state index in [0.29, 0.717) is 238 Å². The Labute approximate surface area is 452 Å². The highest BCUT2D eigenvalue weighted by molar-refractivity contribution is 4.47. The molecule has 2 unspecified atom stereocenters. The van der Waals surface area contributed by atoms with Crippen LogP contribution in [0.1, 0.15) is 34.6 Å². The first-order valence-electron chi connectivity index (χ1n) is 26.4. The van der Waals surface area contributed by atoms with Crippen LogP contribution in [0.2, 0.25) is 0 Å². The smallest absolute Gasteiger partial charge is 0.180 e. The summed E-state index contributed by atoms with van der Waals surface area (Å²) in [7, 11) is 8.25. The summed E-state index contributed by atoms with van der Waals surface area (Å²) in [5, 5.41) is 8.54. The molecular weight excluding hydrogens is 997 g/mol. The molecule has 0 aliphatic carbocycles. The molecule has 0 heterocycles. The maximum Gasteiger partial charge on any atom is 0.180 e. The summed E-state index contributed by atoms with van der Waals surface area (Å²) >= 11 is 0. The van der Waals surface area contributed by atoms with Gasteiger partial charge in [-0.25, -0.2) is 0 Å². The van der Waals surface area contributed by atoms with Crippen LogP contribution in [0.3, 0.4) is 0 Å². The summed E-state index contributed by atoms with van der Waals surface area (Å²) in [5.41, 5.74) is 0. The van der Waals surface area contributed by atoms with Crippen LogP contribution >= 0.6 is 0 Å². The minimum atomic E-state index is -0.280. The van der Waals surface area contributed by atoms with E-state index in [4.69, 9.17) is 105 Å². The Hall–Kier alpha value is -0.960. The number of aliphatic hydroxyl groups is 1. The standard InChI is InChI=1S/C22H46O11.C15H32O7.C10H22O4.C4H10O2/c1-22(21-24-2)33-20-19-32-18-17-31-16-15-30-14-13-29-12-11-28-10-9-27-8-7-26-6-5-25-4-3-23;1-3-17-6-7-19-10-11-21-14-15-22-13-12-20-9-8-18-5-4-16-2;1-5-12-10(8-14-9(2)3)13-7-6-11-4;1-5-3-4-6-2/h22-23H,3-21H2,1-2H3;3-15H2,1-2H3;9-10H,5-8H2,1-4H3;3-4H2,1-2H3. The van der Waals surface area contributed by atoms with E-state index in [1.807, 2.05) is 34.6 Å². The molecule has 1 N–H and O–H groups in total. The fourth-order valence-electron chi connectivity index (χ4n) is 4.71. The lowest BCUT2D eigenvalue weighted by molar-refractivity contribution is -0.180. The molecule has 0 fully saturated rings. The Morgan fingerprint density at radius 2 is 0.520 bits per heavy atom. The first kappa shape index (κ1) is 80.5. The molecule has 0 aromatic carbocycles. The molecule has 458 valence electrons. The van der Waals surface area contributed by atoms with Gasteiger partial charge in [0.15, 0.2) is 6.29 Å². The summed E-state index contributed by atoms with van der Waals surface area (Å²) < 4.78 is 120. The lowest BCUT2D eigenvalue weighted by atomic mass is 10.4. The fraction of sp³-hybridized carbons (Fsp3) is 1.00. The first-order valence-corrected chi connectivity index (χ1v) is 26.4. The number of ether oxygens (including phenoxy) is 23. The van der Waals surface area contributed by atoms with Gasteiger partial charge in [0.25, 0.3) is 0 Å². The summed E-state index contributed by atoms with van der Waals surface area (Å²) in [6, 6.07) is 0. The quantitative estimate of drug-likeness (QED) is 0.0681. The van der Waals surface area contributed by atoms with Crippen molar-refractivity contribution in [2.24, 2.45) is 0 Å². The van der Waals surface area contributed by atoms with Crippen molar-refractivity contribution in [3.05, 3.63) is 0 Å². The molecule has 2 atom stereocenters. The van der Waals surface area contributed by atoms with Crippen LogP contribution in [-0.4, -0.2) is 310 Å². The summed E-state index contributed by atoms with van der Waals surface area (Å²) in [5.74, 6) is 0. The molecule has 0 aromatic rings. The molecule has 0 amide bonds. The van der Waals surface area contributed by atoms with Crippen molar-refractivity contribution in [1.29, 1.82) is 0 Å². The van der Waals surface area contributed by atoms with Crippen molar-refractivity contribution in [2.75, 3.05) is 287 Å². The number of hydrogen-bond acceptors (Lipinski definition) is 24. The van der Waals surface area contributed by atoms with Crippen LogP contribution in [0.25, 0.3) is 0 Å². The van der Waals surface area contributed by atoms with E-state index in [0.717, 1.165) is 6.61 Å². The lowest BCUT2D eigenvalue weighted by Gasteiger charge is -2.18. The predicted octanol–water partition coefficient (Wildman–Crippen LogP) is 2.63. The van der Waals surface area contributed by atoms with E-state index in [-0.39, 0.29) is 25.1 Å². The molecule has 0 saturated heterocycles. The van der Waals surface area contributed by atoms with Crippen LogP contribution in [0, 0.1) is 0 Å². The molecule has 0 aliphatic rings. The Balaban J connectivity index is -0.000000513. The third kappa shape index (κ3) is 87.1. The number of aliphatic hydroxyl groups excluding tert-OH is 1. The molecule has 24 nitrogen and oxygen atoms in total.